The number of benzene rings is 1. The quantitative estimate of drug-likeness (QED) is 0.374. The SMILES string of the molecule is Cc1c(C(=O)C(=O)N[C@]2(c3cn[nH]n3)C[C@@H](F)C2)cn(C)c1C(=O)Nc1ccc(F)c(C#N)c1. The third kappa shape index (κ3) is 3.92. The standard InChI is InChI=1S/C22H19F2N7O3/c1-11-15(19(32)21(34)28-22(6-13(23)7-22)17-9-26-30-29-17)10-31(2)18(11)20(33)27-14-3-4-16(24)12(5-14)8-25/h3-5,9-10,13H,6-7H2,1-2H3,(H,27,33)(H,28,34)(H,26,29,30)/t13-,22-. The Labute approximate surface area is 192 Å². The number of halogens is 2. The molecule has 2 aromatic heterocycles. The Hall–Kier alpha value is -4.40. The summed E-state index contributed by atoms with van der Waals surface area (Å²) in [6, 6.07) is 5.23. The molecular formula is C22H19F2N7O3. The highest BCUT2D eigenvalue weighted by Gasteiger charge is 2.50. The van der Waals surface area contributed by atoms with Crippen molar-refractivity contribution in [3.8, 4) is 6.07 Å². The molecule has 12 heteroatoms. The number of aromatic nitrogens is 4. The van der Waals surface area contributed by atoms with Crippen LogP contribution >= 0.6 is 0 Å². The Morgan fingerprint density at radius 1 is 1.32 bits per heavy atom. The Balaban J connectivity index is 1.54. The van der Waals surface area contributed by atoms with Crippen LogP contribution in [-0.4, -0.2) is 43.7 Å². The zero-order valence-electron chi connectivity index (χ0n) is 18.1. The zero-order valence-corrected chi connectivity index (χ0v) is 18.1. The van der Waals surface area contributed by atoms with E-state index < -0.39 is 35.1 Å². The molecule has 0 aliphatic heterocycles. The van der Waals surface area contributed by atoms with Gasteiger partial charge in [-0.05, 0) is 30.7 Å². The molecule has 34 heavy (non-hydrogen) atoms. The minimum Gasteiger partial charge on any atom is -0.346 e. The van der Waals surface area contributed by atoms with Crippen LogP contribution in [0.1, 0.15) is 50.5 Å². The highest BCUT2D eigenvalue weighted by Crippen LogP contribution is 2.42. The lowest BCUT2D eigenvalue weighted by molar-refractivity contribution is -0.121. The van der Waals surface area contributed by atoms with E-state index in [1.165, 1.54) is 43.1 Å². The molecule has 0 unspecified atom stereocenters. The van der Waals surface area contributed by atoms with Crippen LogP contribution in [0.25, 0.3) is 0 Å². The van der Waals surface area contributed by atoms with E-state index in [-0.39, 0.29) is 40.9 Å². The van der Waals surface area contributed by atoms with Gasteiger partial charge in [0.25, 0.3) is 17.6 Å². The first kappa shape index (κ1) is 22.8. The van der Waals surface area contributed by atoms with Crippen molar-refractivity contribution in [2.45, 2.75) is 31.5 Å². The number of anilines is 1. The highest BCUT2D eigenvalue weighted by molar-refractivity contribution is 6.43. The van der Waals surface area contributed by atoms with Crippen LogP contribution in [0.4, 0.5) is 14.5 Å². The number of carbonyl (C=O) groups is 3. The van der Waals surface area contributed by atoms with Crippen molar-refractivity contribution >= 4 is 23.3 Å². The number of hydrogen-bond acceptors (Lipinski definition) is 6. The van der Waals surface area contributed by atoms with Crippen LogP contribution in [0.5, 0.6) is 0 Å². The number of carbonyl (C=O) groups excluding carboxylic acids is 3. The lowest BCUT2D eigenvalue weighted by Gasteiger charge is -2.42. The highest BCUT2D eigenvalue weighted by atomic mass is 19.1. The molecule has 0 bridgehead atoms. The van der Waals surface area contributed by atoms with Crippen LogP contribution < -0.4 is 10.6 Å². The number of alkyl halides is 1. The Morgan fingerprint density at radius 2 is 2.06 bits per heavy atom. The van der Waals surface area contributed by atoms with Gasteiger partial charge in [0.1, 0.15) is 29.4 Å². The van der Waals surface area contributed by atoms with Crippen LogP contribution in [-0.2, 0) is 17.4 Å². The molecule has 0 atom stereocenters. The minimum atomic E-state index is -1.14. The number of Topliss-reactive ketones (excluding diaryl/α,β-unsaturated/α-hetero) is 1. The van der Waals surface area contributed by atoms with Gasteiger partial charge in [-0.25, -0.2) is 8.78 Å². The summed E-state index contributed by atoms with van der Waals surface area (Å²) >= 11 is 0. The first-order valence-electron chi connectivity index (χ1n) is 10.2. The fourth-order valence-corrected chi connectivity index (χ4v) is 4.09. The second-order valence-electron chi connectivity index (χ2n) is 8.11. The molecule has 3 aromatic rings. The fourth-order valence-electron chi connectivity index (χ4n) is 4.09. The minimum absolute atomic E-state index is 0.00612. The summed E-state index contributed by atoms with van der Waals surface area (Å²) in [7, 11) is 1.53. The van der Waals surface area contributed by atoms with Gasteiger partial charge in [-0.3, -0.25) is 14.4 Å². The predicted molar refractivity (Wildman–Crippen MR) is 114 cm³/mol. The summed E-state index contributed by atoms with van der Waals surface area (Å²) in [6.45, 7) is 1.51. The summed E-state index contributed by atoms with van der Waals surface area (Å²) in [5.41, 5.74) is -0.524. The molecule has 174 valence electrons. The Kier molecular flexibility index (Phi) is 5.70. The molecule has 3 N–H and O–H groups in total. The third-order valence-corrected chi connectivity index (χ3v) is 5.84. The molecule has 1 saturated carbocycles. The molecule has 1 aliphatic carbocycles. The average Bonchev–Trinajstić information content (AvgIpc) is 3.41. The predicted octanol–water partition coefficient (Wildman–Crippen LogP) is 2.04. The molecule has 0 radical (unpaired) electrons. The van der Waals surface area contributed by atoms with Crippen LogP contribution in [0.3, 0.4) is 0 Å². The van der Waals surface area contributed by atoms with E-state index in [0.717, 1.165) is 6.07 Å². The maximum absolute atomic E-state index is 13.7. The number of nitriles is 1. The number of rotatable bonds is 6. The van der Waals surface area contributed by atoms with E-state index in [2.05, 4.69) is 26.0 Å². The number of nitrogens with zero attached hydrogens (tertiary/aromatic N) is 4. The van der Waals surface area contributed by atoms with E-state index in [9.17, 15) is 23.2 Å². The number of H-pyrrole nitrogens is 1. The monoisotopic (exact) mass is 467 g/mol. The smallest absolute Gasteiger partial charge is 0.293 e. The Morgan fingerprint density at radius 3 is 2.68 bits per heavy atom. The Bertz CT molecular complexity index is 1340. The number of nitrogens with one attached hydrogen (secondary N) is 3. The van der Waals surface area contributed by atoms with E-state index in [1.54, 1.807) is 6.07 Å². The lowest BCUT2D eigenvalue weighted by atomic mass is 9.73. The van der Waals surface area contributed by atoms with Crippen LogP contribution in [0.2, 0.25) is 0 Å². The molecule has 2 amide bonds. The second kappa shape index (κ2) is 8.51. The van der Waals surface area contributed by atoms with Gasteiger partial charge >= 0.3 is 0 Å². The molecule has 10 nitrogen and oxygen atoms in total. The normalized spacial score (nSPS) is 19.1. The number of hydrogen-bond donors (Lipinski definition) is 3. The van der Waals surface area contributed by atoms with E-state index >= 15 is 0 Å². The number of amides is 2. The molecule has 1 fully saturated rings. The number of aromatic amines is 1. The largest absolute Gasteiger partial charge is 0.346 e. The lowest BCUT2D eigenvalue weighted by Crippen LogP contribution is -2.57. The van der Waals surface area contributed by atoms with E-state index in [0.29, 0.717) is 5.69 Å². The van der Waals surface area contributed by atoms with Gasteiger partial charge in [0.05, 0.1) is 17.3 Å². The summed E-state index contributed by atoms with van der Waals surface area (Å²) in [5.74, 6) is -3.20. The molecule has 0 saturated heterocycles. The van der Waals surface area contributed by atoms with Crippen molar-refractivity contribution in [3.63, 3.8) is 0 Å². The summed E-state index contributed by atoms with van der Waals surface area (Å²) in [6.07, 6.45) is 1.48. The molecule has 0 spiro atoms. The van der Waals surface area contributed by atoms with E-state index in [1.807, 2.05) is 0 Å². The summed E-state index contributed by atoms with van der Waals surface area (Å²) < 4.78 is 28.6. The zero-order chi connectivity index (χ0) is 24.6. The van der Waals surface area contributed by atoms with Crippen molar-refractivity contribution in [1.29, 1.82) is 5.26 Å². The van der Waals surface area contributed by atoms with Gasteiger partial charge in [0.15, 0.2) is 0 Å². The fraction of sp³-hybridized carbons (Fsp3) is 0.273. The van der Waals surface area contributed by atoms with Crippen LogP contribution in [0, 0.1) is 24.1 Å². The van der Waals surface area contributed by atoms with Crippen molar-refractivity contribution in [1.82, 2.24) is 25.3 Å². The first-order chi connectivity index (χ1) is 16.1. The van der Waals surface area contributed by atoms with Gasteiger partial charge in [0, 0.05) is 37.3 Å². The van der Waals surface area contributed by atoms with Gasteiger partial charge < -0.3 is 15.2 Å². The maximum atomic E-state index is 13.7. The molecular weight excluding hydrogens is 448 g/mol. The van der Waals surface area contributed by atoms with Gasteiger partial charge in [-0.15, -0.1) is 0 Å². The molecule has 2 heterocycles. The van der Waals surface area contributed by atoms with Crippen molar-refractivity contribution in [3.05, 3.63) is 64.5 Å². The first-order valence-corrected chi connectivity index (χ1v) is 10.2. The third-order valence-electron chi connectivity index (χ3n) is 5.84. The van der Waals surface area contributed by atoms with Gasteiger partial charge in [-0.1, -0.05) is 0 Å². The van der Waals surface area contributed by atoms with Crippen molar-refractivity contribution in [2.75, 3.05) is 5.32 Å². The maximum Gasteiger partial charge on any atom is 0.293 e. The van der Waals surface area contributed by atoms with Crippen molar-refractivity contribution in [2.24, 2.45) is 7.05 Å². The van der Waals surface area contributed by atoms with Crippen LogP contribution in [0.15, 0.2) is 30.6 Å². The number of aryl methyl sites for hydroxylation is 1. The number of ketones is 1. The van der Waals surface area contributed by atoms with Gasteiger partial charge in [0.2, 0.25) is 0 Å². The van der Waals surface area contributed by atoms with Crippen molar-refractivity contribution < 1.29 is 23.2 Å². The topological polar surface area (TPSA) is 146 Å². The molecule has 1 aliphatic rings. The summed E-state index contributed by atoms with van der Waals surface area (Å²) in [4.78, 5) is 38.5. The molecule has 4 rings (SSSR count). The van der Waals surface area contributed by atoms with E-state index in [4.69, 9.17) is 5.26 Å². The van der Waals surface area contributed by atoms with Gasteiger partial charge in [-0.2, -0.15) is 20.7 Å². The summed E-state index contributed by atoms with van der Waals surface area (Å²) in [5, 5.41) is 24.1. The average molecular weight is 467 g/mol. The molecule has 1 aromatic carbocycles. The second-order valence-corrected chi connectivity index (χ2v) is 8.11.